The summed E-state index contributed by atoms with van der Waals surface area (Å²) in [7, 11) is 0. The van der Waals surface area contributed by atoms with Crippen LogP contribution in [0.4, 0.5) is 0 Å². The van der Waals surface area contributed by atoms with Crippen LogP contribution in [-0.2, 0) is 6.42 Å². The van der Waals surface area contributed by atoms with Gasteiger partial charge in [0.1, 0.15) is 6.10 Å². The highest BCUT2D eigenvalue weighted by Gasteiger charge is 2.13. The number of pyridine rings is 1. The number of thiazole rings is 1. The first kappa shape index (κ1) is 11.2. The lowest BCUT2D eigenvalue weighted by molar-refractivity contribution is 0.173. The van der Waals surface area contributed by atoms with Crippen LogP contribution in [0.2, 0.25) is 0 Å². The molecule has 0 fully saturated rings. The molecule has 2 aromatic heterocycles. The third-order valence-electron chi connectivity index (χ3n) is 2.45. The highest BCUT2D eigenvalue weighted by atomic mass is 32.1. The van der Waals surface area contributed by atoms with Gasteiger partial charge in [-0.3, -0.25) is 9.97 Å². The summed E-state index contributed by atoms with van der Waals surface area (Å²) < 4.78 is 0. The molecule has 0 spiro atoms. The van der Waals surface area contributed by atoms with Crippen molar-refractivity contribution < 1.29 is 5.11 Å². The molecule has 2 aromatic rings. The van der Waals surface area contributed by atoms with Gasteiger partial charge in [0, 0.05) is 23.7 Å². The predicted molar refractivity (Wildman–Crippen MR) is 64.5 cm³/mol. The van der Waals surface area contributed by atoms with E-state index >= 15 is 0 Å². The lowest BCUT2D eigenvalue weighted by atomic mass is 10.1. The smallest absolute Gasteiger partial charge is 0.101 e. The number of aliphatic hydroxyl groups excluding tert-OH is 1. The molecule has 0 aliphatic heterocycles. The highest BCUT2D eigenvalue weighted by Crippen LogP contribution is 2.21. The minimum atomic E-state index is -0.541. The fraction of sp³-hybridized carbons (Fsp3) is 0.333. The van der Waals surface area contributed by atoms with Gasteiger partial charge in [0.25, 0.3) is 0 Å². The van der Waals surface area contributed by atoms with Gasteiger partial charge in [-0.05, 0) is 25.0 Å². The number of nitrogens with zero attached hydrogens (tertiary/aromatic N) is 2. The average molecular weight is 234 g/mol. The molecule has 1 atom stereocenters. The van der Waals surface area contributed by atoms with Gasteiger partial charge < -0.3 is 5.11 Å². The van der Waals surface area contributed by atoms with Gasteiger partial charge in [-0.1, -0.05) is 6.07 Å². The maximum Gasteiger partial charge on any atom is 0.101 e. The normalized spacial score (nSPS) is 12.7. The molecule has 0 radical (unpaired) electrons. The van der Waals surface area contributed by atoms with Gasteiger partial charge in [-0.2, -0.15) is 0 Å². The lowest BCUT2D eigenvalue weighted by Gasteiger charge is -2.11. The van der Waals surface area contributed by atoms with Crippen molar-refractivity contribution in [3.05, 3.63) is 45.7 Å². The Morgan fingerprint density at radius 2 is 2.19 bits per heavy atom. The Kier molecular flexibility index (Phi) is 3.31. The van der Waals surface area contributed by atoms with E-state index in [4.69, 9.17) is 0 Å². The SMILES string of the molecule is Cc1cnc(C(O)Cc2cncs2)c(C)c1. The molecule has 0 aliphatic rings. The molecule has 2 heterocycles. The third kappa shape index (κ3) is 2.46. The minimum absolute atomic E-state index is 0.541. The summed E-state index contributed by atoms with van der Waals surface area (Å²) in [6, 6.07) is 2.04. The van der Waals surface area contributed by atoms with Crippen LogP contribution in [-0.4, -0.2) is 15.1 Å². The molecule has 2 rings (SSSR count). The quantitative estimate of drug-likeness (QED) is 0.887. The Hall–Kier alpha value is -1.26. The van der Waals surface area contributed by atoms with Crippen LogP contribution in [0.15, 0.2) is 24.0 Å². The van der Waals surface area contributed by atoms with Gasteiger partial charge in [0.15, 0.2) is 0 Å². The summed E-state index contributed by atoms with van der Waals surface area (Å²) in [4.78, 5) is 9.36. The largest absolute Gasteiger partial charge is 0.386 e. The monoisotopic (exact) mass is 234 g/mol. The Labute approximate surface area is 98.8 Å². The molecule has 4 heteroatoms. The van der Waals surface area contributed by atoms with E-state index < -0.39 is 6.10 Å². The molecule has 0 saturated heterocycles. The van der Waals surface area contributed by atoms with E-state index in [0.717, 1.165) is 21.7 Å². The summed E-state index contributed by atoms with van der Waals surface area (Å²) in [5, 5.41) is 10.1. The second kappa shape index (κ2) is 4.72. The highest BCUT2D eigenvalue weighted by molar-refractivity contribution is 7.09. The molecule has 0 amide bonds. The van der Waals surface area contributed by atoms with E-state index in [2.05, 4.69) is 9.97 Å². The zero-order chi connectivity index (χ0) is 11.5. The second-order valence-corrected chi connectivity index (χ2v) is 4.87. The van der Waals surface area contributed by atoms with Crippen molar-refractivity contribution in [2.24, 2.45) is 0 Å². The van der Waals surface area contributed by atoms with E-state index in [1.165, 1.54) is 0 Å². The Morgan fingerprint density at radius 1 is 1.38 bits per heavy atom. The zero-order valence-electron chi connectivity index (χ0n) is 9.34. The van der Waals surface area contributed by atoms with Crippen LogP contribution in [0, 0.1) is 13.8 Å². The molecule has 1 unspecified atom stereocenters. The summed E-state index contributed by atoms with van der Waals surface area (Å²) in [6.45, 7) is 3.98. The molecule has 16 heavy (non-hydrogen) atoms. The van der Waals surface area contributed by atoms with Crippen LogP contribution in [0.1, 0.15) is 27.8 Å². The topological polar surface area (TPSA) is 46.0 Å². The Morgan fingerprint density at radius 3 is 2.81 bits per heavy atom. The first-order chi connectivity index (χ1) is 7.66. The van der Waals surface area contributed by atoms with Crippen LogP contribution in [0.3, 0.4) is 0 Å². The van der Waals surface area contributed by atoms with Crippen molar-refractivity contribution >= 4 is 11.3 Å². The standard InChI is InChI=1S/C12H14N2OS/c1-8-3-9(2)12(14-5-8)11(15)4-10-6-13-7-16-10/h3,5-7,11,15H,4H2,1-2H3. The Balaban J connectivity index is 2.17. The number of aliphatic hydroxyl groups is 1. The summed E-state index contributed by atoms with van der Waals surface area (Å²) in [5.74, 6) is 0. The predicted octanol–water partition coefficient (Wildman–Crippen LogP) is 2.43. The second-order valence-electron chi connectivity index (χ2n) is 3.90. The van der Waals surface area contributed by atoms with Crippen LogP contribution >= 0.6 is 11.3 Å². The van der Waals surface area contributed by atoms with E-state index in [-0.39, 0.29) is 0 Å². The van der Waals surface area contributed by atoms with Crippen LogP contribution in [0.5, 0.6) is 0 Å². The molecule has 0 aromatic carbocycles. The van der Waals surface area contributed by atoms with Gasteiger partial charge >= 0.3 is 0 Å². The van der Waals surface area contributed by atoms with Crippen molar-refractivity contribution in [3.8, 4) is 0 Å². The van der Waals surface area contributed by atoms with Gasteiger partial charge in [-0.15, -0.1) is 11.3 Å². The number of hydrogen-bond acceptors (Lipinski definition) is 4. The number of rotatable bonds is 3. The number of hydrogen-bond donors (Lipinski definition) is 1. The number of aryl methyl sites for hydroxylation is 2. The van der Waals surface area contributed by atoms with Crippen molar-refractivity contribution in [3.63, 3.8) is 0 Å². The molecular weight excluding hydrogens is 220 g/mol. The average Bonchev–Trinajstić information content (AvgIpc) is 2.70. The lowest BCUT2D eigenvalue weighted by Crippen LogP contribution is -2.05. The van der Waals surface area contributed by atoms with Crippen molar-refractivity contribution in [1.82, 2.24) is 9.97 Å². The fourth-order valence-corrected chi connectivity index (χ4v) is 2.34. The van der Waals surface area contributed by atoms with Gasteiger partial charge in [0.05, 0.1) is 11.2 Å². The molecule has 0 saturated carbocycles. The number of aromatic nitrogens is 2. The summed E-state index contributed by atoms with van der Waals surface area (Å²) >= 11 is 1.56. The van der Waals surface area contributed by atoms with Gasteiger partial charge in [-0.25, -0.2) is 0 Å². The van der Waals surface area contributed by atoms with E-state index in [9.17, 15) is 5.11 Å². The molecule has 0 bridgehead atoms. The first-order valence-corrected chi connectivity index (χ1v) is 6.03. The van der Waals surface area contributed by atoms with Crippen LogP contribution < -0.4 is 0 Å². The van der Waals surface area contributed by atoms with E-state index in [0.29, 0.717) is 6.42 Å². The maximum absolute atomic E-state index is 10.1. The summed E-state index contributed by atoms with van der Waals surface area (Å²) in [5.41, 5.74) is 4.69. The minimum Gasteiger partial charge on any atom is -0.386 e. The maximum atomic E-state index is 10.1. The Bertz CT molecular complexity index is 468. The zero-order valence-corrected chi connectivity index (χ0v) is 10.2. The molecule has 3 nitrogen and oxygen atoms in total. The van der Waals surface area contributed by atoms with Crippen molar-refractivity contribution in [2.45, 2.75) is 26.4 Å². The molecule has 0 aliphatic carbocycles. The van der Waals surface area contributed by atoms with Gasteiger partial charge in [0.2, 0.25) is 0 Å². The molecular formula is C12H14N2OS. The van der Waals surface area contributed by atoms with Crippen molar-refractivity contribution in [2.75, 3.05) is 0 Å². The van der Waals surface area contributed by atoms with Crippen LogP contribution in [0.25, 0.3) is 0 Å². The fourth-order valence-electron chi connectivity index (χ4n) is 1.70. The van der Waals surface area contributed by atoms with E-state index in [1.54, 1.807) is 29.2 Å². The van der Waals surface area contributed by atoms with Crippen molar-refractivity contribution in [1.29, 1.82) is 0 Å². The first-order valence-electron chi connectivity index (χ1n) is 5.15. The molecule has 1 N–H and O–H groups in total. The third-order valence-corrected chi connectivity index (χ3v) is 3.25. The summed E-state index contributed by atoms with van der Waals surface area (Å²) in [6.07, 6.45) is 3.62. The van der Waals surface area contributed by atoms with E-state index in [1.807, 2.05) is 19.9 Å². The molecule has 84 valence electrons.